The number of rotatable bonds is 6. The summed E-state index contributed by atoms with van der Waals surface area (Å²) >= 11 is 3.40. The van der Waals surface area contributed by atoms with Gasteiger partial charge in [0.1, 0.15) is 0 Å². The minimum absolute atomic E-state index is 0.0160. The molecular formula is C13H18BrNO4. The maximum Gasteiger partial charge on any atom is 0.303 e. The summed E-state index contributed by atoms with van der Waals surface area (Å²) in [6, 6.07) is 1.48. The number of aryl methyl sites for hydroxylation is 1. The highest BCUT2D eigenvalue weighted by molar-refractivity contribution is 9.10. The lowest BCUT2D eigenvalue weighted by Gasteiger charge is -2.21. The first kappa shape index (κ1) is 15.8. The van der Waals surface area contributed by atoms with Crippen molar-refractivity contribution in [2.75, 3.05) is 14.2 Å². The van der Waals surface area contributed by atoms with Crippen molar-refractivity contribution in [2.24, 2.45) is 5.73 Å². The monoisotopic (exact) mass is 331 g/mol. The van der Waals surface area contributed by atoms with Crippen LogP contribution in [0.3, 0.4) is 0 Å². The molecule has 1 atom stereocenters. The molecule has 0 aliphatic rings. The average Bonchev–Trinajstić information content (AvgIpc) is 2.34. The molecule has 5 nitrogen and oxygen atoms in total. The van der Waals surface area contributed by atoms with Gasteiger partial charge in [-0.05, 0) is 40.9 Å². The summed E-state index contributed by atoms with van der Waals surface area (Å²) in [4.78, 5) is 10.6. The summed E-state index contributed by atoms with van der Waals surface area (Å²) in [5, 5.41) is 8.73. The van der Waals surface area contributed by atoms with Crippen molar-refractivity contribution in [3.63, 3.8) is 0 Å². The van der Waals surface area contributed by atoms with Crippen molar-refractivity contribution in [1.82, 2.24) is 0 Å². The van der Waals surface area contributed by atoms with Gasteiger partial charge in [-0.2, -0.15) is 0 Å². The Kier molecular flexibility index (Phi) is 5.62. The van der Waals surface area contributed by atoms with Crippen molar-refractivity contribution in [3.8, 4) is 11.5 Å². The van der Waals surface area contributed by atoms with Gasteiger partial charge in [-0.15, -0.1) is 0 Å². The van der Waals surface area contributed by atoms with Crippen molar-refractivity contribution in [3.05, 3.63) is 21.7 Å². The first-order valence-corrected chi connectivity index (χ1v) is 6.60. The Morgan fingerprint density at radius 2 is 2.00 bits per heavy atom. The summed E-state index contributed by atoms with van der Waals surface area (Å²) < 4.78 is 11.4. The molecule has 0 aliphatic carbocycles. The Hall–Kier alpha value is -1.27. The Bertz CT molecular complexity index is 476. The molecule has 1 rings (SSSR count). The van der Waals surface area contributed by atoms with Crippen LogP contribution in [0.25, 0.3) is 0 Å². The van der Waals surface area contributed by atoms with Crippen LogP contribution in [0, 0.1) is 6.92 Å². The standard InChI is InChI=1S/C13H18BrNO4/c1-7-6-8(14)12(18-2)13(19-3)11(7)9(15)4-5-10(16)17/h6,9H,4-5,15H2,1-3H3,(H,16,17). The van der Waals surface area contributed by atoms with E-state index in [0.29, 0.717) is 17.9 Å². The van der Waals surface area contributed by atoms with E-state index in [-0.39, 0.29) is 6.42 Å². The second kappa shape index (κ2) is 6.77. The highest BCUT2D eigenvalue weighted by atomic mass is 79.9. The lowest BCUT2D eigenvalue weighted by molar-refractivity contribution is -0.137. The van der Waals surface area contributed by atoms with Gasteiger partial charge < -0.3 is 20.3 Å². The Morgan fingerprint density at radius 1 is 1.42 bits per heavy atom. The van der Waals surface area contributed by atoms with Gasteiger partial charge in [0.2, 0.25) is 0 Å². The van der Waals surface area contributed by atoms with Crippen LogP contribution in [0.1, 0.15) is 30.0 Å². The number of carboxylic acid groups (broad SMARTS) is 1. The van der Waals surface area contributed by atoms with E-state index in [1.165, 1.54) is 7.11 Å². The van der Waals surface area contributed by atoms with Gasteiger partial charge in [-0.3, -0.25) is 4.79 Å². The van der Waals surface area contributed by atoms with Crippen molar-refractivity contribution in [1.29, 1.82) is 0 Å². The van der Waals surface area contributed by atoms with Crippen LogP contribution in [0.5, 0.6) is 11.5 Å². The summed E-state index contributed by atoms with van der Waals surface area (Å²) in [7, 11) is 3.08. The lowest BCUT2D eigenvalue weighted by Crippen LogP contribution is -2.15. The van der Waals surface area contributed by atoms with E-state index in [4.69, 9.17) is 20.3 Å². The summed E-state index contributed by atoms with van der Waals surface area (Å²) in [6.07, 6.45) is 0.361. The van der Waals surface area contributed by atoms with Gasteiger partial charge in [0, 0.05) is 18.0 Å². The average molecular weight is 332 g/mol. The normalized spacial score (nSPS) is 12.1. The minimum atomic E-state index is -0.865. The number of ether oxygens (including phenoxy) is 2. The molecule has 106 valence electrons. The molecule has 3 N–H and O–H groups in total. The number of hydrogen-bond donors (Lipinski definition) is 2. The number of methoxy groups -OCH3 is 2. The minimum Gasteiger partial charge on any atom is -0.492 e. The van der Waals surface area contributed by atoms with Crippen LogP contribution < -0.4 is 15.2 Å². The molecule has 0 saturated carbocycles. The zero-order valence-corrected chi connectivity index (χ0v) is 12.8. The van der Waals surface area contributed by atoms with Crippen LogP contribution >= 0.6 is 15.9 Å². The number of benzene rings is 1. The van der Waals surface area contributed by atoms with Gasteiger partial charge in [-0.1, -0.05) is 0 Å². The molecule has 6 heteroatoms. The van der Waals surface area contributed by atoms with E-state index in [1.807, 2.05) is 13.0 Å². The largest absolute Gasteiger partial charge is 0.492 e. The molecule has 0 aromatic heterocycles. The van der Waals surface area contributed by atoms with Crippen LogP contribution in [0.4, 0.5) is 0 Å². The number of halogens is 1. The quantitative estimate of drug-likeness (QED) is 0.837. The highest BCUT2D eigenvalue weighted by Crippen LogP contribution is 2.42. The van der Waals surface area contributed by atoms with Gasteiger partial charge >= 0.3 is 5.97 Å². The maximum absolute atomic E-state index is 10.6. The van der Waals surface area contributed by atoms with E-state index in [0.717, 1.165) is 15.6 Å². The summed E-state index contributed by atoms with van der Waals surface area (Å²) in [5.41, 5.74) is 7.79. The Labute approximate surface area is 120 Å². The van der Waals surface area contributed by atoms with Crippen LogP contribution in [0.2, 0.25) is 0 Å². The summed E-state index contributed by atoms with van der Waals surface area (Å²) in [5.74, 6) is 0.247. The molecule has 1 aromatic carbocycles. The second-order valence-corrected chi connectivity index (χ2v) is 5.05. The van der Waals surface area contributed by atoms with Gasteiger partial charge in [0.15, 0.2) is 11.5 Å². The van der Waals surface area contributed by atoms with Crippen molar-refractivity contribution < 1.29 is 19.4 Å². The molecular weight excluding hydrogens is 314 g/mol. The summed E-state index contributed by atoms with van der Waals surface area (Å²) in [6.45, 7) is 1.91. The molecule has 0 bridgehead atoms. The first-order chi connectivity index (χ1) is 8.92. The van der Waals surface area contributed by atoms with E-state index in [1.54, 1.807) is 7.11 Å². The third-order valence-corrected chi connectivity index (χ3v) is 3.47. The van der Waals surface area contributed by atoms with E-state index in [9.17, 15) is 4.79 Å². The Morgan fingerprint density at radius 3 is 2.47 bits per heavy atom. The molecule has 0 fully saturated rings. The van der Waals surface area contributed by atoms with Crippen LogP contribution in [-0.2, 0) is 4.79 Å². The van der Waals surface area contributed by atoms with E-state index in [2.05, 4.69) is 15.9 Å². The van der Waals surface area contributed by atoms with E-state index >= 15 is 0 Å². The van der Waals surface area contributed by atoms with Crippen LogP contribution in [0.15, 0.2) is 10.5 Å². The SMILES string of the molecule is COc1c(Br)cc(C)c(C(N)CCC(=O)O)c1OC. The van der Waals surface area contributed by atoms with Gasteiger partial charge in [0.25, 0.3) is 0 Å². The van der Waals surface area contributed by atoms with Crippen LogP contribution in [-0.4, -0.2) is 25.3 Å². The topological polar surface area (TPSA) is 81.8 Å². The van der Waals surface area contributed by atoms with Gasteiger partial charge in [0.05, 0.1) is 18.7 Å². The molecule has 1 aromatic rings. The molecule has 0 amide bonds. The smallest absolute Gasteiger partial charge is 0.303 e. The third-order valence-electron chi connectivity index (χ3n) is 2.88. The number of aliphatic carboxylic acids is 1. The molecule has 0 spiro atoms. The number of carboxylic acids is 1. The van der Waals surface area contributed by atoms with Crippen molar-refractivity contribution in [2.45, 2.75) is 25.8 Å². The Balaban J connectivity index is 3.21. The fraction of sp³-hybridized carbons (Fsp3) is 0.462. The number of hydrogen-bond acceptors (Lipinski definition) is 4. The molecule has 1 unspecified atom stereocenters. The molecule has 0 aliphatic heterocycles. The zero-order valence-electron chi connectivity index (χ0n) is 11.2. The fourth-order valence-corrected chi connectivity index (χ4v) is 2.71. The fourth-order valence-electron chi connectivity index (χ4n) is 2.02. The molecule has 0 saturated heterocycles. The predicted octanol–water partition coefficient (Wildman–Crippen LogP) is 2.64. The highest BCUT2D eigenvalue weighted by Gasteiger charge is 2.21. The number of nitrogens with two attached hydrogens (primary N) is 1. The third kappa shape index (κ3) is 3.61. The molecule has 0 heterocycles. The first-order valence-electron chi connectivity index (χ1n) is 5.80. The molecule has 19 heavy (non-hydrogen) atoms. The second-order valence-electron chi connectivity index (χ2n) is 4.19. The number of carbonyl (C=O) groups is 1. The molecule has 0 radical (unpaired) electrons. The van der Waals surface area contributed by atoms with E-state index < -0.39 is 12.0 Å². The van der Waals surface area contributed by atoms with Crippen molar-refractivity contribution >= 4 is 21.9 Å². The predicted molar refractivity (Wildman–Crippen MR) is 75.8 cm³/mol. The lowest BCUT2D eigenvalue weighted by atomic mass is 9.96. The zero-order chi connectivity index (χ0) is 14.6. The maximum atomic E-state index is 10.6. The van der Waals surface area contributed by atoms with Gasteiger partial charge in [-0.25, -0.2) is 0 Å².